The average molecular weight is 481 g/mol. The van der Waals surface area contributed by atoms with Crippen molar-refractivity contribution in [1.82, 2.24) is 25.7 Å². The number of halogens is 4. The monoisotopic (exact) mass is 480 g/mol. The van der Waals surface area contributed by atoms with Crippen molar-refractivity contribution in [3.05, 3.63) is 18.0 Å². The number of piperazine rings is 1. The van der Waals surface area contributed by atoms with E-state index in [2.05, 4.69) is 20.8 Å². The number of carbonyl (C=O) groups excluding carboxylic acids is 2. The largest absolute Gasteiger partial charge is 0.419 e. The zero-order valence-electron chi connectivity index (χ0n) is 17.1. The van der Waals surface area contributed by atoms with Gasteiger partial charge in [-0.2, -0.15) is 13.2 Å². The summed E-state index contributed by atoms with van der Waals surface area (Å²) in [7, 11) is 0. The molecule has 32 heavy (non-hydrogen) atoms. The van der Waals surface area contributed by atoms with Crippen LogP contribution < -0.4 is 15.8 Å². The Morgan fingerprint density at radius 3 is 2.50 bits per heavy atom. The van der Waals surface area contributed by atoms with E-state index in [0.29, 0.717) is 32.7 Å². The maximum atomic E-state index is 12.6. The maximum absolute atomic E-state index is 12.6. The molecule has 0 saturated carbocycles. The fourth-order valence-corrected chi connectivity index (χ4v) is 3.40. The van der Waals surface area contributed by atoms with E-state index < -0.39 is 23.2 Å². The number of carbonyl (C=O) groups is 2. The summed E-state index contributed by atoms with van der Waals surface area (Å²) >= 11 is 5.95. The molecule has 14 heteroatoms. The van der Waals surface area contributed by atoms with E-state index >= 15 is 0 Å². The van der Waals surface area contributed by atoms with Crippen LogP contribution in [-0.4, -0.2) is 90.7 Å². The minimum absolute atomic E-state index is 0.0760. The molecule has 3 rings (SSSR count). The molecule has 10 nitrogen and oxygen atoms in total. The molecule has 0 aromatic carbocycles. The van der Waals surface area contributed by atoms with Gasteiger partial charge in [0.1, 0.15) is 5.38 Å². The zero-order valence-corrected chi connectivity index (χ0v) is 17.9. The normalized spacial score (nSPS) is 22.1. The smallest absolute Gasteiger partial charge is 0.379 e. The molecule has 1 aromatic heterocycles. The lowest BCUT2D eigenvalue weighted by Crippen LogP contribution is -2.57. The SMILES string of the molecule is O=C1NNCC(OCCOCCC(=O)N2CCN(c3ncc(C(F)(F)F)cn3)CC2)C1Cl. The lowest BCUT2D eigenvalue weighted by atomic mass is 10.2. The third-order valence-corrected chi connectivity index (χ3v) is 5.47. The third kappa shape index (κ3) is 6.64. The van der Waals surface area contributed by atoms with Gasteiger partial charge in [0.25, 0.3) is 5.91 Å². The van der Waals surface area contributed by atoms with E-state index in [0.717, 1.165) is 12.4 Å². The zero-order chi connectivity index (χ0) is 23.1. The summed E-state index contributed by atoms with van der Waals surface area (Å²) in [5.74, 6) is -0.217. The fraction of sp³-hybridized carbons (Fsp3) is 0.667. The van der Waals surface area contributed by atoms with Crippen LogP contribution in [0.25, 0.3) is 0 Å². The van der Waals surface area contributed by atoms with Crippen molar-refractivity contribution in [2.24, 2.45) is 0 Å². The second-order valence-electron chi connectivity index (χ2n) is 7.18. The predicted molar refractivity (Wildman–Crippen MR) is 107 cm³/mol. The number of hydrogen-bond donors (Lipinski definition) is 2. The summed E-state index contributed by atoms with van der Waals surface area (Å²) in [5.41, 5.74) is 4.20. The van der Waals surface area contributed by atoms with Gasteiger partial charge in [-0.25, -0.2) is 15.4 Å². The van der Waals surface area contributed by atoms with E-state index in [-0.39, 0.29) is 44.0 Å². The number of ether oxygens (including phenoxy) is 2. The standard InChI is InChI=1S/C18H24ClF3N6O4/c19-15-13(11-25-26-16(15)30)32-8-7-31-6-1-14(29)27-2-4-28(5-3-27)17-23-9-12(10-24-17)18(20,21)22/h9-10,13,15,25H,1-8,11H2,(H,26,30). The number of nitrogens with one attached hydrogen (secondary N) is 2. The van der Waals surface area contributed by atoms with Crippen molar-refractivity contribution >= 4 is 29.4 Å². The average Bonchev–Trinajstić information content (AvgIpc) is 2.78. The van der Waals surface area contributed by atoms with Crippen LogP contribution in [0.1, 0.15) is 12.0 Å². The molecule has 2 unspecified atom stereocenters. The van der Waals surface area contributed by atoms with Crippen molar-refractivity contribution in [1.29, 1.82) is 0 Å². The Bertz CT molecular complexity index is 777. The number of rotatable bonds is 8. The summed E-state index contributed by atoms with van der Waals surface area (Å²) in [5, 5.41) is -0.774. The van der Waals surface area contributed by atoms with Crippen molar-refractivity contribution in [3.63, 3.8) is 0 Å². The Balaban J connectivity index is 1.30. The molecule has 2 saturated heterocycles. The lowest BCUT2D eigenvalue weighted by molar-refractivity contribution is -0.138. The number of alkyl halides is 4. The number of hydrogen-bond acceptors (Lipinski definition) is 8. The predicted octanol–water partition coefficient (Wildman–Crippen LogP) is 0.178. The van der Waals surface area contributed by atoms with E-state index in [1.807, 2.05) is 0 Å². The van der Waals surface area contributed by atoms with Gasteiger partial charge in [0.15, 0.2) is 0 Å². The van der Waals surface area contributed by atoms with Gasteiger partial charge in [0.05, 0.1) is 37.9 Å². The second kappa shape index (κ2) is 11.1. The molecule has 2 aliphatic rings. The Morgan fingerprint density at radius 2 is 1.84 bits per heavy atom. The second-order valence-corrected chi connectivity index (χ2v) is 7.65. The van der Waals surface area contributed by atoms with Crippen LogP contribution in [0, 0.1) is 0 Å². The molecule has 178 valence electrons. The van der Waals surface area contributed by atoms with E-state index in [1.165, 1.54) is 0 Å². The maximum Gasteiger partial charge on any atom is 0.419 e. The molecular weight excluding hydrogens is 457 g/mol. The molecule has 2 aliphatic heterocycles. The van der Waals surface area contributed by atoms with Crippen molar-refractivity contribution < 1.29 is 32.2 Å². The molecule has 2 N–H and O–H groups in total. The number of nitrogens with zero attached hydrogens (tertiary/aromatic N) is 4. The molecule has 2 fully saturated rings. The summed E-state index contributed by atoms with van der Waals surface area (Å²) in [6, 6.07) is 0. The van der Waals surface area contributed by atoms with Crippen LogP contribution in [0.15, 0.2) is 12.4 Å². The van der Waals surface area contributed by atoms with Crippen molar-refractivity contribution in [2.45, 2.75) is 24.1 Å². The number of amides is 2. The fourth-order valence-electron chi connectivity index (χ4n) is 3.19. The van der Waals surface area contributed by atoms with Crippen molar-refractivity contribution in [2.75, 3.05) is 57.4 Å². The van der Waals surface area contributed by atoms with Gasteiger partial charge in [-0.3, -0.25) is 15.0 Å². The highest BCUT2D eigenvalue weighted by Crippen LogP contribution is 2.28. The Hall–Kier alpha value is -2.22. The van der Waals surface area contributed by atoms with Crippen LogP contribution in [0.4, 0.5) is 19.1 Å². The Morgan fingerprint density at radius 1 is 1.16 bits per heavy atom. The van der Waals surface area contributed by atoms with Crippen LogP contribution in [-0.2, 0) is 25.2 Å². The number of aromatic nitrogens is 2. The lowest BCUT2D eigenvalue weighted by Gasteiger charge is -2.34. The Labute approximate surface area is 187 Å². The molecule has 2 amide bonds. The van der Waals surface area contributed by atoms with Crippen LogP contribution in [0.3, 0.4) is 0 Å². The third-order valence-electron chi connectivity index (χ3n) is 4.99. The highest BCUT2D eigenvalue weighted by Gasteiger charge is 2.32. The van der Waals surface area contributed by atoms with Gasteiger partial charge in [0, 0.05) is 45.1 Å². The molecule has 0 bridgehead atoms. The van der Waals surface area contributed by atoms with Crippen LogP contribution >= 0.6 is 11.6 Å². The van der Waals surface area contributed by atoms with Gasteiger partial charge < -0.3 is 19.3 Å². The summed E-state index contributed by atoms with van der Waals surface area (Å²) in [6.07, 6.45) is -3.22. The quantitative estimate of drug-likeness (QED) is 0.400. The molecule has 3 heterocycles. The highest BCUT2D eigenvalue weighted by molar-refractivity contribution is 6.31. The first kappa shape index (κ1) is 24.4. The summed E-state index contributed by atoms with van der Waals surface area (Å²) in [6.45, 7) is 2.79. The van der Waals surface area contributed by atoms with Gasteiger partial charge in [-0.05, 0) is 0 Å². The molecule has 1 aromatic rings. The number of hydrazine groups is 1. The summed E-state index contributed by atoms with van der Waals surface area (Å²) < 4.78 is 48.8. The van der Waals surface area contributed by atoms with Gasteiger partial charge >= 0.3 is 6.18 Å². The molecule has 0 radical (unpaired) electrons. The van der Waals surface area contributed by atoms with E-state index in [1.54, 1.807) is 9.80 Å². The van der Waals surface area contributed by atoms with E-state index in [9.17, 15) is 22.8 Å². The van der Waals surface area contributed by atoms with Gasteiger partial charge in [0.2, 0.25) is 11.9 Å². The van der Waals surface area contributed by atoms with Gasteiger partial charge in [-0.1, -0.05) is 0 Å². The summed E-state index contributed by atoms with van der Waals surface area (Å²) in [4.78, 5) is 34.7. The first-order chi connectivity index (χ1) is 15.3. The molecule has 0 aliphatic carbocycles. The van der Waals surface area contributed by atoms with Crippen LogP contribution in [0.5, 0.6) is 0 Å². The molecular formula is C18H24ClF3N6O4. The first-order valence-electron chi connectivity index (χ1n) is 10.0. The van der Waals surface area contributed by atoms with Crippen molar-refractivity contribution in [3.8, 4) is 0 Å². The Kier molecular flexibility index (Phi) is 8.45. The molecule has 0 spiro atoms. The molecule has 2 atom stereocenters. The highest BCUT2D eigenvalue weighted by atomic mass is 35.5. The minimum Gasteiger partial charge on any atom is -0.379 e. The van der Waals surface area contributed by atoms with Crippen LogP contribution in [0.2, 0.25) is 0 Å². The first-order valence-corrected chi connectivity index (χ1v) is 10.5. The topological polar surface area (TPSA) is 109 Å². The van der Waals surface area contributed by atoms with Gasteiger partial charge in [-0.15, -0.1) is 11.6 Å². The number of anilines is 1. The minimum atomic E-state index is -4.48. The van der Waals surface area contributed by atoms with E-state index in [4.69, 9.17) is 21.1 Å².